The van der Waals surface area contributed by atoms with Gasteiger partial charge < -0.3 is 9.47 Å². The van der Waals surface area contributed by atoms with Crippen molar-refractivity contribution in [3.05, 3.63) is 75.8 Å². The van der Waals surface area contributed by atoms with E-state index in [1.54, 1.807) is 49.4 Å². The van der Waals surface area contributed by atoms with Gasteiger partial charge in [-0.15, -0.1) is 6.58 Å². The molecule has 1 aliphatic heterocycles. The summed E-state index contributed by atoms with van der Waals surface area (Å²) in [6, 6.07) is 9.35. The standard InChI is InChI=1S/C25H23BrN2O6/c1-4-6-17-11-16(13-20(26)22(17)34-14-21(29)33-5-2)12-19-23(30)27-25(32)28(24(19)31)18-9-7-15(3)8-10-18/h4,7-13H,1,5-6,14H2,2-3H3,(H,27,30,32)/b19-12+. The number of hydrogen-bond acceptors (Lipinski definition) is 6. The van der Waals surface area contributed by atoms with Crippen molar-refractivity contribution in [2.45, 2.75) is 20.3 Å². The highest BCUT2D eigenvalue weighted by molar-refractivity contribution is 9.10. The molecule has 1 saturated heterocycles. The first kappa shape index (κ1) is 24.9. The average Bonchev–Trinajstić information content (AvgIpc) is 2.77. The van der Waals surface area contributed by atoms with Crippen molar-refractivity contribution in [1.29, 1.82) is 0 Å². The maximum atomic E-state index is 13.1. The Kier molecular flexibility index (Phi) is 8.01. The smallest absolute Gasteiger partial charge is 0.344 e. The topological polar surface area (TPSA) is 102 Å². The summed E-state index contributed by atoms with van der Waals surface area (Å²) < 4.78 is 11.0. The Morgan fingerprint density at radius 1 is 1.18 bits per heavy atom. The van der Waals surface area contributed by atoms with Crippen LogP contribution in [0.15, 0.2) is 59.1 Å². The van der Waals surface area contributed by atoms with E-state index in [0.717, 1.165) is 10.5 Å². The van der Waals surface area contributed by atoms with Gasteiger partial charge in [0.2, 0.25) is 0 Å². The third-order valence-corrected chi connectivity index (χ3v) is 5.44. The Balaban J connectivity index is 1.96. The minimum Gasteiger partial charge on any atom is -0.480 e. The molecule has 34 heavy (non-hydrogen) atoms. The van der Waals surface area contributed by atoms with Crippen molar-refractivity contribution in [2.75, 3.05) is 18.1 Å². The van der Waals surface area contributed by atoms with Crippen LogP contribution >= 0.6 is 15.9 Å². The zero-order chi connectivity index (χ0) is 24.8. The largest absolute Gasteiger partial charge is 0.480 e. The molecule has 0 bridgehead atoms. The number of amides is 4. The van der Waals surface area contributed by atoms with Crippen LogP contribution in [0.1, 0.15) is 23.6 Å². The summed E-state index contributed by atoms with van der Waals surface area (Å²) in [5, 5.41) is 2.21. The molecule has 1 aliphatic rings. The third-order valence-electron chi connectivity index (χ3n) is 4.85. The molecule has 0 aromatic heterocycles. The quantitative estimate of drug-likeness (QED) is 0.240. The maximum Gasteiger partial charge on any atom is 0.344 e. The van der Waals surface area contributed by atoms with Gasteiger partial charge in [0.15, 0.2) is 6.61 Å². The Morgan fingerprint density at radius 2 is 1.88 bits per heavy atom. The second kappa shape index (κ2) is 10.9. The highest BCUT2D eigenvalue weighted by Crippen LogP contribution is 2.33. The van der Waals surface area contributed by atoms with Gasteiger partial charge in [-0.3, -0.25) is 14.9 Å². The van der Waals surface area contributed by atoms with Gasteiger partial charge in [0.1, 0.15) is 11.3 Å². The highest BCUT2D eigenvalue weighted by Gasteiger charge is 2.36. The van der Waals surface area contributed by atoms with E-state index in [2.05, 4.69) is 27.8 Å². The summed E-state index contributed by atoms with van der Waals surface area (Å²) in [6.07, 6.45) is 3.46. The third kappa shape index (κ3) is 5.60. The summed E-state index contributed by atoms with van der Waals surface area (Å²) in [5.74, 6) is -1.61. The lowest BCUT2D eigenvalue weighted by Gasteiger charge is -2.26. The van der Waals surface area contributed by atoms with Gasteiger partial charge in [-0.2, -0.15) is 0 Å². The molecule has 4 amide bonds. The van der Waals surface area contributed by atoms with Crippen LogP contribution < -0.4 is 15.0 Å². The van der Waals surface area contributed by atoms with Crippen molar-refractivity contribution in [3.63, 3.8) is 0 Å². The van der Waals surface area contributed by atoms with E-state index in [4.69, 9.17) is 9.47 Å². The average molecular weight is 527 g/mol. The second-order valence-electron chi connectivity index (χ2n) is 7.37. The minimum atomic E-state index is -0.813. The normalized spacial score (nSPS) is 14.7. The SMILES string of the molecule is C=CCc1cc(/C=C2\C(=O)NC(=O)N(c3ccc(C)cc3)C2=O)cc(Br)c1OCC(=O)OCC. The van der Waals surface area contributed by atoms with Crippen LogP contribution in [-0.2, 0) is 25.5 Å². The van der Waals surface area contributed by atoms with Crippen molar-refractivity contribution < 1.29 is 28.7 Å². The molecule has 0 saturated carbocycles. The summed E-state index contributed by atoms with van der Waals surface area (Å²) >= 11 is 3.43. The van der Waals surface area contributed by atoms with Crippen LogP contribution in [-0.4, -0.2) is 37.0 Å². The molecule has 2 aromatic carbocycles. The molecule has 1 heterocycles. The molecule has 0 spiro atoms. The number of carbonyl (C=O) groups excluding carboxylic acids is 4. The Bertz CT molecular complexity index is 1190. The predicted octanol–water partition coefficient (Wildman–Crippen LogP) is 4.09. The molecule has 0 unspecified atom stereocenters. The van der Waals surface area contributed by atoms with E-state index in [1.807, 2.05) is 6.92 Å². The first-order chi connectivity index (χ1) is 16.2. The van der Waals surface area contributed by atoms with Gasteiger partial charge in [-0.25, -0.2) is 14.5 Å². The summed E-state index contributed by atoms with van der Waals surface area (Å²) in [5.41, 5.74) is 2.31. The first-order valence-corrected chi connectivity index (χ1v) is 11.2. The summed E-state index contributed by atoms with van der Waals surface area (Å²) in [4.78, 5) is 50.6. The fourth-order valence-electron chi connectivity index (χ4n) is 3.31. The second-order valence-corrected chi connectivity index (χ2v) is 8.23. The minimum absolute atomic E-state index is 0.197. The Labute approximate surface area is 205 Å². The zero-order valence-corrected chi connectivity index (χ0v) is 20.3. The van der Waals surface area contributed by atoms with Crippen molar-refractivity contribution in [3.8, 4) is 5.75 Å². The number of esters is 1. The highest BCUT2D eigenvalue weighted by atomic mass is 79.9. The van der Waals surface area contributed by atoms with E-state index in [9.17, 15) is 19.2 Å². The van der Waals surface area contributed by atoms with E-state index in [-0.39, 0.29) is 18.8 Å². The fourth-order valence-corrected chi connectivity index (χ4v) is 3.95. The number of imide groups is 2. The molecule has 176 valence electrons. The number of nitrogens with one attached hydrogen (secondary N) is 1. The number of rotatable bonds is 8. The zero-order valence-electron chi connectivity index (χ0n) is 18.7. The number of carbonyl (C=O) groups is 4. The monoisotopic (exact) mass is 526 g/mol. The summed E-state index contributed by atoms with van der Waals surface area (Å²) in [7, 11) is 0. The predicted molar refractivity (Wildman–Crippen MR) is 130 cm³/mol. The molecule has 2 aromatic rings. The summed E-state index contributed by atoms with van der Waals surface area (Å²) in [6.45, 7) is 7.30. The van der Waals surface area contributed by atoms with Crippen molar-refractivity contribution in [2.24, 2.45) is 0 Å². The van der Waals surface area contributed by atoms with E-state index in [0.29, 0.717) is 33.5 Å². The lowest BCUT2D eigenvalue weighted by atomic mass is 10.0. The molecule has 9 heteroatoms. The van der Waals surface area contributed by atoms with Gasteiger partial charge in [0, 0.05) is 0 Å². The van der Waals surface area contributed by atoms with Crippen LogP contribution in [0, 0.1) is 6.92 Å². The van der Waals surface area contributed by atoms with Crippen LogP contribution in [0.25, 0.3) is 6.08 Å². The lowest BCUT2D eigenvalue weighted by molar-refractivity contribution is -0.145. The van der Waals surface area contributed by atoms with Crippen molar-refractivity contribution >= 4 is 51.5 Å². The molecule has 3 rings (SSSR count). The van der Waals surface area contributed by atoms with E-state index in [1.165, 1.54) is 6.08 Å². The van der Waals surface area contributed by atoms with Crippen LogP contribution in [0.3, 0.4) is 0 Å². The van der Waals surface area contributed by atoms with Crippen molar-refractivity contribution in [1.82, 2.24) is 5.32 Å². The number of urea groups is 1. The number of halogens is 1. The first-order valence-electron chi connectivity index (χ1n) is 10.4. The molecule has 8 nitrogen and oxygen atoms in total. The molecule has 1 N–H and O–H groups in total. The number of allylic oxidation sites excluding steroid dienone is 1. The number of anilines is 1. The molecular formula is C25H23BrN2O6. The van der Waals surface area contributed by atoms with Gasteiger partial charge in [-0.1, -0.05) is 23.8 Å². The fraction of sp³-hybridized carbons (Fsp3) is 0.200. The lowest BCUT2D eigenvalue weighted by Crippen LogP contribution is -2.54. The van der Waals surface area contributed by atoms with Gasteiger partial charge in [-0.05, 0) is 77.7 Å². The number of benzene rings is 2. The number of hydrogen-bond donors (Lipinski definition) is 1. The molecular weight excluding hydrogens is 504 g/mol. The van der Waals surface area contributed by atoms with Crippen LogP contribution in [0.5, 0.6) is 5.75 Å². The number of nitrogens with zero attached hydrogens (tertiary/aromatic N) is 1. The Hall–Kier alpha value is -3.72. The number of aryl methyl sites for hydroxylation is 1. The van der Waals surface area contributed by atoms with E-state index < -0.39 is 23.8 Å². The maximum absolute atomic E-state index is 13.1. The van der Waals surface area contributed by atoms with Gasteiger partial charge in [0.25, 0.3) is 11.8 Å². The Morgan fingerprint density at radius 3 is 2.53 bits per heavy atom. The van der Waals surface area contributed by atoms with Gasteiger partial charge in [0.05, 0.1) is 16.8 Å². The molecule has 0 aliphatic carbocycles. The molecule has 1 fully saturated rings. The molecule has 0 atom stereocenters. The van der Waals surface area contributed by atoms with Crippen LogP contribution in [0.4, 0.5) is 10.5 Å². The van der Waals surface area contributed by atoms with Gasteiger partial charge >= 0.3 is 12.0 Å². The number of ether oxygens (including phenoxy) is 2. The molecule has 0 radical (unpaired) electrons. The van der Waals surface area contributed by atoms with E-state index >= 15 is 0 Å². The number of barbiturate groups is 1. The van der Waals surface area contributed by atoms with Crippen LogP contribution in [0.2, 0.25) is 0 Å².